The summed E-state index contributed by atoms with van der Waals surface area (Å²) in [5, 5.41) is 3.33. The number of nitrogens with zero attached hydrogens (tertiary/aromatic N) is 2. The first-order chi connectivity index (χ1) is 7.55. The molecule has 1 saturated carbocycles. The molecule has 0 bridgehead atoms. The van der Waals surface area contributed by atoms with Crippen molar-refractivity contribution in [3.8, 4) is 0 Å². The summed E-state index contributed by atoms with van der Waals surface area (Å²) in [5.74, 6) is 0.333. The SMILES string of the molecule is CC(C)N(C)CCCN1CNC2(CC2)C1=O. The summed E-state index contributed by atoms with van der Waals surface area (Å²) < 4.78 is 0. The molecule has 92 valence electrons. The maximum atomic E-state index is 11.9. The smallest absolute Gasteiger partial charge is 0.243 e. The number of carbonyl (C=O) groups is 1. The molecule has 1 N–H and O–H groups in total. The van der Waals surface area contributed by atoms with Crippen LogP contribution in [-0.4, -0.2) is 54.1 Å². The van der Waals surface area contributed by atoms with Crippen molar-refractivity contribution in [3.63, 3.8) is 0 Å². The van der Waals surface area contributed by atoms with Gasteiger partial charge in [-0.25, -0.2) is 0 Å². The molecule has 0 unspecified atom stereocenters. The lowest BCUT2D eigenvalue weighted by Crippen LogP contribution is -2.34. The third-order valence-electron chi connectivity index (χ3n) is 3.88. The van der Waals surface area contributed by atoms with Crippen molar-refractivity contribution in [1.82, 2.24) is 15.1 Å². The molecule has 1 aliphatic carbocycles. The van der Waals surface area contributed by atoms with Gasteiger partial charge in [0.25, 0.3) is 0 Å². The van der Waals surface area contributed by atoms with Gasteiger partial charge in [-0.2, -0.15) is 0 Å². The van der Waals surface area contributed by atoms with Crippen LogP contribution in [0.2, 0.25) is 0 Å². The van der Waals surface area contributed by atoms with Crippen molar-refractivity contribution in [2.45, 2.75) is 44.7 Å². The summed E-state index contributed by atoms with van der Waals surface area (Å²) in [5.41, 5.74) is -0.121. The van der Waals surface area contributed by atoms with Crippen LogP contribution in [0.3, 0.4) is 0 Å². The fraction of sp³-hybridized carbons (Fsp3) is 0.917. The molecule has 0 aromatic rings. The lowest BCUT2D eigenvalue weighted by molar-refractivity contribution is -0.129. The zero-order chi connectivity index (χ0) is 11.8. The molecule has 0 aromatic carbocycles. The van der Waals surface area contributed by atoms with E-state index in [-0.39, 0.29) is 5.54 Å². The van der Waals surface area contributed by atoms with E-state index in [9.17, 15) is 4.79 Å². The fourth-order valence-electron chi connectivity index (χ4n) is 2.16. The number of hydrogen-bond donors (Lipinski definition) is 1. The van der Waals surface area contributed by atoms with Gasteiger partial charge < -0.3 is 9.80 Å². The van der Waals surface area contributed by atoms with Gasteiger partial charge in [-0.15, -0.1) is 0 Å². The molecular formula is C12H23N3O. The molecule has 16 heavy (non-hydrogen) atoms. The largest absolute Gasteiger partial charge is 0.328 e. The van der Waals surface area contributed by atoms with E-state index in [0.717, 1.165) is 39.0 Å². The second-order valence-electron chi connectivity index (χ2n) is 5.41. The van der Waals surface area contributed by atoms with Gasteiger partial charge in [0.1, 0.15) is 0 Å². The average molecular weight is 225 g/mol. The Bertz CT molecular complexity index is 273. The molecule has 1 heterocycles. The Hall–Kier alpha value is -0.610. The third-order valence-corrected chi connectivity index (χ3v) is 3.88. The van der Waals surface area contributed by atoms with Gasteiger partial charge in [0.15, 0.2) is 0 Å². The lowest BCUT2D eigenvalue weighted by Gasteiger charge is -2.22. The van der Waals surface area contributed by atoms with Crippen LogP contribution in [0.5, 0.6) is 0 Å². The van der Waals surface area contributed by atoms with Gasteiger partial charge in [-0.3, -0.25) is 10.1 Å². The van der Waals surface area contributed by atoms with Gasteiger partial charge in [0.2, 0.25) is 5.91 Å². The van der Waals surface area contributed by atoms with E-state index in [1.165, 1.54) is 0 Å². The normalized spacial score (nSPS) is 22.8. The molecule has 0 radical (unpaired) electrons. The Morgan fingerprint density at radius 2 is 2.19 bits per heavy atom. The summed E-state index contributed by atoms with van der Waals surface area (Å²) in [6, 6.07) is 0.585. The molecule has 0 atom stereocenters. The monoisotopic (exact) mass is 225 g/mol. The van der Waals surface area contributed by atoms with Gasteiger partial charge in [0, 0.05) is 12.6 Å². The van der Waals surface area contributed by atoms with Crippen LogP contribution < -0.4 is 5.32 Å². The Morgan fingerprint density at radius 3 is 2.69 bits per heavy atom. The minimum Gasteiger partial charge on any atom is -0.328 e. The standard InChI is InChI=1S/C12H23N3O/c1-10(2)14(3)7-4-8-15-9-13-12(5-6-12)11(15)16/h10,13H,4-9H2,1-3H3. The molecule has 1 spiro atoms. The Kier molecular flexibility index (Phi) is 3.22. The van der Waals surface area contributed by atoms with Gasteiger partial charge in [-0.05, 0) is 46.7 Å². The highest BCUT2D eigenvalue weighted by atomic mass is 16.2. The van der Waals surface area contributed by atoms with Crippen molar-refractivity contribution in [3.05, 3.63) is 0 Å². The lowest BCUT2D eigenvalue weighted by atomic mass is 10.2. The molecule has 2 rings (SSSR count). The van der Waals surface area contributed by atoms with Gasteiger partial charge in [-0.1, -0.05) is 0 Å². The molecule has 4 nitrogen and oxygen atoms in total. The van der Waals surface area contributed by atoms with Crippen molar-refractivity contribution in [2.24, 2.45) is 0 Å². The number of rotatable bonds is 5. The van der Waals surface area contributed by atoms with Gasteiger partial charge >= 0.3 is 0 Å². The van der Waals surface area contributed by atoms with Crippen LogP contribution in [0.15, 0.2) is 0 Å². The first-order valence-corrected chi connectivity index (χ1v) is 6.30. The number of carbonyl (C=O) groups excluding carboxylic acids is 1. The van der Waals surface area contributed by atoms with E-state index in [1.807, 2.05) is 4.90 Å². The van der Waals surface area contributed by atoms with Crippen LogP contribution in [0, 0.1) is 0 Å². The van der Waals surface area contributed by atoms with Crippen LogP contribution in [0.25, 0.3) is 0 Å². The minimum absolute atomic E-state index is 0.121. The molecule has 0 aromatic heterocycles. The quantitative estimate of drug-likeness (QED) is 0.746. The average Bonchev–Trinajstić information content (AvgIpc) is 2.96. The first kappa shape index (κ1) is 11.9. The fourth-order valence-corrected chi connectivity index (χ4v) is 2.16. The van der Waals surface area contributed by atoms with Crippen LogP contribution in [0.1, 0.15) is 33.1 Å². The first-order valence-electron chi connectivity index (χ1n) is 6.30. The highest BCUT2D eigenvalue weighted by molar-refractivity contribution is 5.91. The molecule has 4 heteroatoms. The molecule has 1 saturated heterocycles. The van der Waals surface area contributed by atoms with E-state index in [0.29, 0.717) is 11.9 Å². The maximum Gasteiger partial charge on any atom is 0.243 e. The third kappa shape index (κ3) is 2.23. The van der Waals surface area contributed by atoms with Crippen molar-refractivity contribution in [2.75, 3.05) is 26.8 Å². The van der Waals surface area contributed by atoms with E-state index in [4.69, 9.17) is 0 Å². The predicted molar refractivity (Wildman–Crippen MR) is 64.1 cm³/mol. The van der Waals surface area contributed by atoms with E-state index in [2.05, 4.69) is 31.1 Å². The van der Waals surface area contributed by atoms with Crippen LogP contribution in [-0.2, 0) is 4.79 Å². The van der Waals surface area contributed by atoms with Crippen LogP contribution >= 0.6 is 0 Å². The number of hydrogen-bond acceptors (Lipinski definition) is 3. The molecular weight excluding hydrogens is 202 g/mol. The second kappa shape index (κ2) is 4.34. The maximum absolute atomic E-state index is 11.9. The van der Waals surface area contributed by atoms with Crippen molar-refractivity contribution in [1.29, 1.82) is 0 Å². The summed E-state index contributed by atoms with van der Waals surface area (Å²) in [6.45, 7) is 7.10. The van der Waals surface area contributed by atoms with E-state index < -0.39 is 0 Å². The summed E-state index contributed by atoms with van der Waals surface area (Å²) >= 11 is 0. The zero-order valence-corrected chi connectivity index (χ0v) is 10.6. The highest BCUT2D eigenvalue weighted by Gasteiger charge is 2.55. The van der Waals surface area contributed by atoms with Crippen molar-refractivity contribution < 1.29 is 4.79 Å². The Morgan fingerprint density at radius 1 is 1.50 bits per heavy atom. The number of nitrogens with one attached hydrogen (secondary N) is 1. The van der Waals surface area contributed by atoms with E-state index in [1.54, 1.807) is 0 Å². The Balaban J connectivity index is 1.69. The second-order valence-corrected chi connectivity index (χ2v) is 5.41. The summed E-state index contributed by atoms with van der Waals surface area (Å²) in [4.78, 5) is 16.2. The van der Waals surface area contributed by atoms with Crippen LogP contribution in [0.4, 0.5) is 0 Å². The minimum atomic E-state index is -0.121. The molecule has 2 fully saturated rings. The molecule has 2 aliphatic rings. The summed E-state index contributed by atoms with van der Waals surface area (Å²) in [6.07, 6.45) is 3.14. The number of amides is 1. The highest BCUT2D eigenvalue weighted by Crippen LogP contribution is 2.39. The predicted octanol–water partition coefficient (Wildman–Crippen LogP) is 0.639. The topological polar surface area (TPSA) is 35.6 Å². The molecule has 1 amide bonds. The van der Waals surface area contributed by atoms with Gasteiger partial charge in [0.05, 0.1) is 12.2 Å². The zero-order valence-electron chi connectivity index (χ0n) is 10.6. The summed E-state index contributed by atoms with van der Waals surface area (Å²) in [7, 11) is 2.14. The Labute approximate surface area is 98.0 Å². The molecule has 1 aliphatic heterocycles. The van der Waals surface area contributed by atoms with Crippen molar-refractivity contribution >= 4 is 5.91 Å². The van der Waals surface area contributed by atoms with E-state index >= 15 is 0 Å².